The van der Waals surface area contributed by atoms with Gasteiger partial charge in [0.2, 0.25) is 0 Å². The topological polar surface area (TPSA) is 43.4 Å². The van der Waals surface area contributed by atoms with Crippen LogP contribution >= 0.6 is 0 Å². The van der Waals surface area contributed by atoms with Gasteiger partial charge in [-0.3, -0.25) is 4.90 Å². The number of benzene rings is 2. The molecule has 1 saturated heterocycles. The van der Waals surface area contributed by atoms with Crippen molar-refractivity contribution < 1.29 is 18.9 Å². The molecule has 1 fully saturated rings. The Balaban J connectivity index is 1.61. The zero-order valence-corrected chi connectivity index (χ0v) is 20.9. The third-order valence-corrected chi connectivity index (χ3v) is 6.82. The highest BCUT2D eigenvalue weighted by molar-refractivity contribution is 5.61. The lowest BCUT2D eigenvalue weighted by Crippen LogP contribution is -2.49. The fraction of sp³-hybridized carbons (Fsp3) is 0.500. The summed E-state index contributed by atoms with van der Waals surface area (Å²) in [7, 11) is 3.54. The van der Waals surface area contributed by atoms with E-state index in [-0.39, 0.29) is 24.3 Å². The first-order valence-corrected chi connectivity index (χ1v) is 12.1. The summed E-state index contributed by atoms with van der Waals surface area (Å²) in [6.45, 7) is 8.55. The summed E-state index contributed by atoms with van der Waals surface area (Å²) in [6, 6.07) is 19.3. The van der Waals surface area contributed by atoms with Gasteiger partial charge in [0.25, 0.3) is 0 Å². The molecule has 0 aliphatic carbocycles. The van der Waals surface area contributed by atoms with Crippen molar-refractivity contribution in [3.05, 3.63) is 71.8 Å². The van der Waals surface area contributed by atoms with E-state index in [9.17, 15) is 0 Å². The van der Waals surface area contributed by atoms with E-state index in [4.69, 9.17) is 18.9 Å². The Labute approximate surface area is 204 Å². The normalized spacial score (nSPS) is 23.3. The van der Waals surface area contributed by atoms with Gasteiger partial charge in [-0.25, -0.2) is 0 Å². The zero-order valence-electron chi connectivity index (χ0n) is 20.9. The summed E-state index contributed by atoms with van der Waals surface area (Å²) < 4.78 is 23.8. The van der Waals surface area contributed by atoms with Crippen molar-refractivity contribution in [1.82, 2.24) is 4.90 Å². The predicted molar refractivity (Wildman–Crippen MR) is 136 cm³/mol. The Bertz CT molecular complexity index is 919. The molecule has 2 aromatic rings. The summed E-state index contributed by atoms with van der Waals surface area (Å²) in [5.74, 6) is 0.935. The van der Waals surface area contributed by atoms with Gasteiger partial charge < -0.3 is 23.8 Å². The molecule has 6 heteroatoms. The highest BCUT2D eigenvalue weighted by Gasteiger charge is 2.39. The summed E-state index contributed by atoms with van der Waals surface area (Å²) in [6.07, 6.45) is 2.26. The van der Waals surface area contributed by atoms with Crippen LogP contribution in [-0.4, -0.2) is 76.8 Å². The molecule has 0 bridgehead atoms. The van der Waals surface area contributed by atoms with Gasteiger partial charge in [-0.05, 0) is 31.5 Å². The number of allylic oxidation sites excluding steroid dienone is 1. The highest BCUT2D eigenvalue weighted by Crippen LogP contribution is 2.39. The first kappa shape index (κ1) is 24.7. The van der Waals surface area contributed by atoms with Gasteiger partial charge in [-0.2, -0.15) is 0 Å². The summed E-state index contributed by atoms with van der Waals surface area (Å²) in [5.41, 5.74) is 3.65. The third kappa shape index (κ3) is 5.81. The molecule has 6 nitrogen and oxygen atoms in total. The second-order valence-electron chi connectivity index (χ2n) is 9.33. The number of para-hydroxylation sites is 2. The van der Waals surface area contributed by atoms with Gasteiger partial charge in [0.15, 0.2) is 0 Å². The van der Waals surface area contributed by atoms with Crippen molar-refractivity contribution >= 4 is 5.69 Å². The van der Waals surface area contributed by atoms with E-state index >= 15 is 0 Å². The Morgan fingerprint density at radius 1 is 1.00 bits per heavy atom. The molecule has 0 spiro atoms. The maximum absolute atomic E-state index is 6.19. The third-order valence-electron chi connectivity index (χ3n) is 6.82. The average molecular weight is 467 g/mol. The van der Waals surface area contributed by atoms with Crippen LogP contribution in [0.5, 0.6) is 5.75 Å². The van der Waals surface area contributed by atoms with E-state index in [1.807, 2.05) is 6.07 Å². The molecular weight excluding hydrogens is 428 g/mol. The van der Waals surface area contributed by atoms with Crippen molar-refractivity contribution in [1.29, 1.82) is 0 Å². The van der Waals surface area contributed by atoms with Crippen LogP contribution in [0.3, 0.4) is 0 Å². The van der Waals surface area contributed by atoms with Gasteiger partial charge in [-0.15, -0.1) is 0 Å². The van der Waals surface area contributed by atoms with Crippen LogP contribution in [0.1, 0.15) is 25.5 Å². The van der Waals surface area contributed by atoms with Gasteiger partial charge in [0, 0.05) is 33.9 Å². The van der Waals surface area contributed by atoms with E-state index in [2.05, 4.69) is 78.3 Å². The van der Waals surface area contributed by atoms with E-state index in [0.717, 1.165) is 31.1 Å². The van der Waals surface area contributed by atoms with Crippen molar-refractivity contribution in [3.8, 4) is 5.75 Å². The van der Waals surface area contributed by atoms with Crippen LogP contribution < -0.4 is 9.64 Å². The predicted octanol–water partition coefficient (Wildman–Crippen LogP) is 4.32. The number of nitrogens with zero attached hydrogens (tertiary/aromatic N) is 2. The summed E-state index contributed by atoms with van der Waals surface area (Å²) >= 11 is 0. The van der Waals surface area contributed by atoms with Crippen LogP contribution in [0.2, 0.25) is 0 Å². The first-order chi connectivity index (χ1) is 16.6. The van der Waals surface area contributed by atoms with E-state index in [1.54, 1.807) is 14.2 Å². The van der Waals surface area contributed by atoms with E-state index < -0.39 is 0 Å². The van der Waals surface area contributed by atoms with Crippen LogP contribution in [0.15, 0.2) is 66.2 Å². The maximum atomic E-state index is 6.19. The zero-order chi connectivity index (χ0) is 23.9. The van der Waals surface area contributed by atoms with Gasteiger partial charge in [-0.1, -0.05) is 54.1 Å². The minimum atomic E-state index is 0.0622. The molecule has 34 heavy (non-hydrogen) atoms. The molecule has 2 heterocycles. The Kier molecular flexibility index (Phi) is 8.62. The summed E-state index contributed by atoms with van der Waals surface area (Å²) in [4.78, 5) is 4.95. The minimum Gasteiger partial charge on any atom is -0.489 e. The molecule has 0 N–H and O–H groups in total. The number of hydrogen-bond donors (Lipinski definition) is 0. The van der Waals surface area contributed by atoms with Crippen molar-refractivity contribution in [2.75, 3.05) is 58.6 Å². The molecule has 0 aromatic heterocycles. The number of ether oxygens (including phenoxy) is 4. The van der Waals surface area contributed by atoms with Crippen molar-refractivity contribution in [2.24, 2.45) is 0 Å². The smallest absolute Gasteiger partial charge is 0.142 e. The van der Waals surface area contributed by atoms with Gasteiger partial charge in [0.05, 0.1) is 43.2 Å². The molecule has 4 rings (SSSR count). The lowest BCUT2D eigenvalue weighted by Gasteiger charge is -2.42. The SMILES string of the molecule is COC1CN(C(COCC=C(C)C)CN2c3ccccc3OCC2c2ccccc2)CC1OC. The molecule has 2 aliphatic heterocycles. The Morgan fingerprint density at radius 3 is 2.35 bits per heavy atom. The quantitative estimate of drug-likeness (QED) is 0.384. The van der Waals surface area contributed by atoms with Gasteiger partial charge >= 0.3 is 0 Å². The first-order valence-electron chi connectivity index (χ1n) is 12.1. The fourth-order valence-electron chi connectivity index (χ4n) is 4.87. The lowest BCUT2D eigenvalue weighted by atomic mass is 10.0. The van der Waals surface area contributed by atoms with Crippen LogP contribution in [0, 0.1) is 0 Å². The number of rotatable bonds is 10. The molecule has 2 aromatic carbocycles. The highest BCUT2D eigenvalue weighted by atomic mass is 16.5. The van der Waals surface area contributed by atoms with Crippen molar-refractivity contribution in [2.45, 2.75) is 38.1 Å². The van der Waals surface area contributed by atoms with E-state index in [1.165, 1.54) is 11.1 Å². The summed E-state index contributed by atoms with van der Waals surface area (Å²) in [5, 5.41) is 0. The molecule has 4 atom stereocenters. The standard InChI is InChI=1S/C28H38N2O4/c1-21(2)14-15-33-19-23(29-17-27(31-3)28(18-29)32-4)16-30-24-12-8-9-13-26(24)34-20-25(30)22-10-6-5-7-11-22/h5-14,23,25,27-28H,15-20H2,1-4H3. The van der Waals surface area contributed by atoms with Crippen LogP contribution in [0.4, 0.5) is 5.69 Å². The number of likely N-dealkylation sites (tertiary alicyclic amines) is 1. The molecule has 184 valence electrons. The Hall–Kier alpha value is -2.38. The molecule has 0 amide bonds. The number of methoxy groups -OCH3 is 2. The second kappa shape index (κ2) is 11.8. The van der Waals surface area contributed by atoms with Gasteiger partial charge in [0.1, 0.15) is 12.4 Å². The molecule has 0 saturated carbocycles. The van der Waals surface area contributed by atoms with Crippen molar-refractivity contribution in [3.63, 3.8) is 0 Å². The largest absolute Gasteiger partial charge is 0.489 e. The molecule has 2 aliphatic rings. The average Bonchev–Trinajstić information content (AvgIpc) is 3.29. The number of hydrogen-bond acceptors (Lipinski definition) is 6. The van der Waals surface area contributed by atoms with E-state index in [0.29, 0.717) is 19.8 Å². The monoisotopic (exact) mass is 466 g/mol. The molecule has 0 radical (unpaired) electrons. The second-order valence-corrected chi connectivity index (χ2v) is 9.33. The van der Waals surface area contributed by atoms with Crippen LogP contribution in [-0.2, 0) is 14.2 Å². The van der Waals surface area contributed by atoms with Crippen LogP contribution in [0.25, 0.3) is 0 Å². The lowest BCUT2D eigenvalue weighted by molar-refractivity contribution is -0.00461. The molecule has 4 unspecified atom stereocenters. The number of anilines is 1. The Morgan fingerprint density at radius 2 is 1.68 bits per heavy atom. The minimum absolute atomic E-state index is 0.0622. The number of fused-ring (bicyclic) bond motifs is 1. The fourth-order valence-corrected chi connectivity index (χ4v) is 4.87. The molecular formula is C28H38N2O4. The maximum Gasteiger partial charge on any atom is 0.142 e.